The molecule has 116 valence electrons. The molecule has 0 amide bonds. The molecule has 22 heavy (non-hydrogen) atoms. The minimum absolute atomic E-state index is 0.930. The van der Waals surface area contributed by atoms with E-state index in [9.17, 15) is 0 Å². The Morgan fingerprint density at radius 3 is 3.14 bits per heavy atom. The van der Waals surface area contributed by atoms with E-state index in [-0.39, 0.29) is 0 Å². The second-order valence-electron chi connectivity index (χ2n) is 5.70. The summed E-state index contributed by atoms with van der Waals surface area (Å²) in [5.74, 6) is 0.951. The van der Waals surface area contributed by atoms with Crippen molar-refractivity contribution in [3.05, 3.63) is 47.2 Å². The highest BCUT2D eigenvalue weighted by Crippen LogP contribution is 2.16. The number of hydrogen-bond acceptors (Lipinski definition) is 3. The van der Waals surface area contributed by atoms with E-state index >= 15 is 0 Å². The van der Waals surface area contributed by atoms with Gasteiger partial charge in [0, 0.05) is 35.8 Å². The highest BCUT2D eigenvalue weighted by molar-refractivity contribution is 5.65. The summed E-state index contributed by atoms with van der Waals surface area (Å²) in [6, 6.07) is 4.22. The van der Waals surface area contributed by atoms with Gasteiger partial charge in [0.2, 0.25) is 0 Å². The first-order chi connectivity index (χ1) is 10.9. The molecule has 2 aliphatic heterocycles. The fraction of sp³-hybridized carbons (Fsp3) is 0.368. The van der Waals surface area contributed by atoms with Crippen LogP contribution in [0.15, 0.2) is 36.7 Å². The molecule has 2 aliphatic rings. The van der Waals surface area contributed by atoms with Crippen LogP contribution >= 0.6 is 0 Å². The van der Waals surface area contributed by atoms with E-state index in [2.05, 4.69) is 53.7 Å². The number of rotatable bonds is 7. The van der Waals surface area contributed by atoms with Crippen molar-refractivity contribution in [2.75, 3.05) is 24.5 Å². The molecule has 3 heteroatoms. The molecular weight excluding hydrogens is 272 g/mol. The Morgan fingerprint density at radius 1 is 1.27 bits per heavy atom. The molecule has 0 fully saturated rings. The van der Waals surface area contributed by atoms with E-state index in [1.807, 2.05) is 6.08 Å². The Kier molecular flexibility index (Phi) is 4.84. The normalized spacial score (nSPS) is 15.0. The molecule has 0 saturated heterocycles. The third-order valence-corrected chi connectivity index (χ3v) is 4.10. The molecule has 0 radical (unpaired) electrons. The lowest BCUT2D eigenvalue weighted by molar-refractivity contribution is 0.474. The number of ether oxygens (including phenoxy) is 1. The fourth-order valence-corrected chi connectivity index (χ4v) is 2.91. The molecule has 2 heterocycles. The third-order valence-electron chi connectivity index (χ3n) is 4.10. The van der Waals surface area contributed by atoms with Crippen LogP contribution in [0.1, 0.15) is 26.2 Å². The maximum absolute atomic E-state index is 5.55. The van der Waals surface area contributed by atoms with Gasteiger partial charge >= 0.3 is 0 Å². The van der Waals surface area contributed by atoms with Crippen LogP contribution in [0.4, 0.5) is 5.69 Å². The summed E-state index contributed by atoms with van der Waals surface area (Å²) in [5.41, 5.74) is 1.30. The Bertz CT molecular complexity index is 688. The number of nitrogens with one attached hydrogen (secondary N) is 1. The monoisotopic (exact) mass is 296 g/mol. The molecule has 1 aromatic carbocycles. The van der Waals surface area contributed by atoms with Crippen molar-refractivity contribution in [2.24, 2.45) is 0 Å². The molecule has 0 aliphatic carbocycles. The van der Waals surface area contributed by atoms with E-state index in [1.165, 1.54) is 35.4 Å². The van der Waals surface area contributed by atoms with Gasteiger partial charge in [0.15, 0.2) is 0 Å². The highest BCUT2D eigenvalue weighted by Gasteiger charge is 2.14. The van der Waals surface area contributed by atoms with Crippen LogP contribution < -0.4 is 25.4 Å². The first-order valence-corrected chi connectivity index (χ1v) is 8.20. The highest BCUT2D eigenvalue weighted by atomic mass is 16.5. The maximum atomic E-state index is 5.55. The lowest BCUT2D eigenvalue weighted by Crippen LogP contribution is -2.30. The van der Waals surface area contributed by atoms with Crippen molar-refractivity contribution in [3.63, 3.8) is 0 Å². The van der Waals surface area contributed by atoms with Crippen molar-refractivity contribution in [2.45, 2.75) is 26.2 Å². The molecule has 0 aromatic heterocycles. The zero-order chi connectivity index (χ0) is 15.2. The fourth-order valence-electron chi connectivity index (χ4n) is 2.91. The van der Waals surface area contributed by atoms with E-state index in [0.717, 1.165) is 25.4 Å². The van der Waals surface area contributed by atoms with Crippen LogP contribution in [0.25, 0.3) is 12.2 Å². The average Bonchev–Trinajstić information content (AvgIpc) is 2.98. The number of anilines is 1. The molecule has 0 spiro atoms. The average molecular weight is 296 g/mol. The van der Waals surface area contributed by atoms with Crippen LogP contribution in [0.2, 0.25) is 0 Å². The number of nitrogens with zero attached hydrogens (tertiary/aromatic N) is 1. The number of allylic oxidation sites excluding steroid dienone is 1. The van der Waals surface area contributed by atoms with E-state index in [1.54, 1.807) is 6.26 Å². The summed E-state index contributed by atoms with van der Waals surface area (Å²) < 4.78 is 5.55. The van der Waals surface area contributed by atoms with E-state index < -0.39 is 0 Å². The molecule has 0 unspecified atom stereocenters. The van der Waals surface area contributed by atoms with Crippen molar-refractivity contribution < 1.29 is 4.74 Å². The summed E-state index contributed by atoms with van der Waals surface area (Å²) in [5, 5.41) is 5.86. The molecule has 0 saturated carbocycles. The smallest absolute Gasteiger partial charge is 0.134 e. The molecule has 1 N–H and O–H groups in total. The van der Waals surface area contributed by atoms with Gasteiger partial charge in [0.05, 0.1) is 6.26 Å². The SMILES string of the molecule is CCCCCNC=CCN1CC=c2c1ccc1c2=CC=CO1. The molecular formula is C19H24N2O. The van der Waals surface area contributed by atoms with Gasteiger partial charge in [-0.3, -0.25) is 0 Å². The minimum atomic E-state index is 0.930. The lowest BCUT2D eigenvalue weighted by Gasteiger charge is -2.18. The summed E-state index contributed by atoms with van der Waals surface area (Å²) >= 11 is 0. The Balaban J connectivity index is 1.60. The number of fused-ring (bicyclic) bond motifs is 3. The quantitative estimate of drug-likeness (QED) is 0.781. The minimum Gasteiger partial charge on any atom is -0.464 e. The predicted molar refractivity (Wildman–Crippen MR) is 93.3 cm³/mol. The molecule has 1 aromatic rings. The summed E-state index contributed by atoms with van der Waals surface area (Å²) in [7, 11) is 0. The van der Waals surface area contributed by atoms with Gasteiger partial charge in [-0.15, -0.1) is 0 Å². The van der Waals surface area contributed by atoms with Gasteiger partial charge < -0.3 is 15.0 Å². The summed E-state index contributed by atoms with van der Waals surface area (Å²) in [4.78, 5) is 2.38. The second-order valence-corrected chi connectivity index (χ2v) is 5.70. The van der Waals surface area contributed by atoms with Gasteiger partial charge in [0.1, 0.15) is 5.75 Å². The van der Waals surface area contributed by atoms with Gasteiger partial charge in [-0.25, -0.2) is 0 Å². The molecule has 0 bridgehead atoms. The van der Waals surface area contributed by atoms with Crippen LogP contribution in [-0.4, -0.2) is 19.6 Å². The summed E-state index contributed by atoms with van der Waals surface area (Å²) in [6.45, 7) is 5.19. The largest absolute Gasteiger partial charge is 0.464 e. The van der Waals surface area contributed by atoms with Crippen molar-refractivity contribution >= 4 is 17.8 Å². The van der Waals surface area contributed by atoms with Crippen molar-refractivity contribution in [3.8, 4) is 5.75 Å². The molecule has 3 rings (SSSR count). The van der Waals surface area contributed by atoms with Crippen LogP contribution in [0.3, 0.4) is 0 Å². The van der Waals surface area contributed by atoms with Crippen LogP contribution in [0.5, 0.6) is 5.75 Å². The standard InChI is InChI=1S/C19H24N2O/c1-2-3-4-11-20-12-6-13-21-14-10-16-17-7-5-15-22-19(17)9-8-18(16)21/h5-10,12,15,20H,2-4,11,13-14H2,1H3. The number of unbranched alkanes of at least 4 members (excludes halogenated alkanes) is 2. The van der Waals surface area contributed by atoms with Gasteiger partial charge in [0.25, 0.3) is 0 Å². The van der Waals surface area contributed by atoms with Gasteiger partial charge in [-0.1, -0.05) is 25.8 Å². The first-order valence-electron chi connectivity index (χ1n) is 8.20. The zero-order valence-electron chi connectivity index (χ0n) is 13.2. The maximum Gasteiger partial charge on any atom is 0.134 e. The molecule has 3 nitrogen and oxygen atoms in total. The Labute approximate surface area is 132 Å². The topological polar surface area (TPSA) is 24.5 Å². The Morgan fingerprint density at radius 2 is 2.23 bits per heavy atom. The number of benzene rings is 1. The zero-order valence-corrected chi connectivity index (χ0v) is 13.2. The van der Waals surface area contributed by atoms with Gasteiger partial charge in [-0.05, 0) is 43.0 Å². The Hall–Kier alpha value is -2.16. The van der Waals surface area contributed by atoms with Crippen LogP contribution in [0, 0.1) is 0 Å². The molecule has 0 atom stereocenters. The van der Waals surface area contributed by atoms with Crippen molar-refractivity contribution in [1.82, 2.24) is 5.32 Å². The van der Waals surface area contributed by atoms with Crippen molar-refractivity contribution in [1.29, 1.82) is 0 Å². The number of hydrogen-bond donors (Lipinski definition) is 1. The van der Waals surface area contributed by atoms with Crippen LogP contribution in [-0.2, 0) is 0 Å². The second kappa shape index (κ2) is 7.21. The van der Waals surface area contributed by atoms with Gasteiger partial charge in [-0.2, -0.15) is 0 Å². The summed E-state index contributed by atoms with van der Waals surface area (Å²) in [6.07, 6.45) is 16.2. The predicted octanol–water partition coefficient (Wildman–Crippen LogP) is 2.27. The van der Waals surface area contributed by atoms with E-state index in [4.69, 9.17) is 4.74 Å². The van der Waals surface area contributed by atoms with E-state index in [0.29, 0.717) is 0 Å². The third kappa shape index (κ3) is 3.19. The first kappa shape index (κ1) is 14.8. The lowest BCUT2D eigenvalue weighted by atomic mass is 10.1.